The van der Waals surface area contributed by atoms with E-state index in [1.54, 1.807) is 24.5 Å². The SMILES string of the molecule is O=C(O)c1ccccc1CCC(=O)N(Cc1ccco1)C1CCCC1. The van der Waals surface area contributed by atoms with E-state index >= 15 is 0 Å². The number of aryl methyl sites for hydroxylation is 1. The zero-order chi connectivity index (χ0) is 17.6. The van der Waals surface area contributed by atoms with Gasteiger partial charge in [0.2, 0.25) is 5.91 Å². The summed E-state index contributed by atoms with van der Waals surface area (Å²) in [6.45, 7) is 0.483. The number of furan rings is 1. The quantitative estimate of drug-likeness (QED) is 0.829. The van der Waals surface area contributed by atoms with Crippen molar-refractivity contribution in [3.63, 3.8) is 0 Å². The van der Waals surface area contributed by atoms with Crippen molar-refractivity contribution in [2.75, 3.05) is 0 Å². The predicted molar refractivity (Wildman–Crippen MR) is 93.2 cm³/mol. The van der Waals surface area contributed by atoms with Crippen molar-refractivity contribution < 1.29 is 19.1 Å². The third kappa shape index (κ3) is 4.29. The molecule has 3 rings (SSSR count). The van der Waals surface area contributed by atoms with Gasteiger partial charge in [-0.1, -0.05) is 31.0 Å². The lowest BCUT2D eigenvalue weighted by Gasteiger charge is -2.28. The molecule has 1 aliphatic carbocycles. The van der Waals surface area contributed by atoms with Gasteiger partial charge in [0.05, 0.1) is 18.4 Å². The minimum absolute atomic E-state index is 0.0588. The van der Waals surface area contributed by atoms with Gasteiger partial charge in [0.15, 0.2) is 0 Å². The Labute approximate surface area is 147 Å². The molecule has 1 aliphatic rings. The summed E-state index contributed by atoms with van der Waals surface area (Å²) in [5.74, 6) is -0.110. The Balaban J connectivity index is 1.69. The van der Waals surface area contributed by atoms with Crippen molar-refractivity contribution in [2.45, 2.75) is 51.1 Å². The molecule has 1 saturated carbocycles. The number of carboxylic acids is 1. The van der Waals surface area contributed by atoms with E-state index in [1.807, 2.05) is 23.1 Å². The smallest absolute Gasteiger partial charge is 0.335 e. The number of hydrogen-bond acceptors (Lipinski definition) is 3. The van der Waals surface area contributed by atoms with Crippen LogP contribution in [0.1, 0.15) is 53.8 Å². The average molecular weight is 341 g/mol. The van der Waals surface area contributed by atoms with Gasteiger partial charge < -0.3 is 14.4 Å². The van der Waals surface area contributed by atoms with Crippen molar-refractivity contribution >= 4 is 11.9 Å². The molecule has 0 unspecified atom stereocenters. The maximum absolute atomic E-state index is 12.8. The third-order valence-corrected chi connectivity index (χ3v) is 4.85. The van der Waals surface area contributed by atoms with Gasteiger partial charge in [-0.3, -0.25) is 4.79 Å². The first-order valence-corrected chi connectivity index (χ1v) is 8.78. The molecule has 0 radical (unpaired) electrons. The molecule has 5 nitrogen and oxygen atoms in total. The highest BCUT2D eigenvalue weighted by atomic mass is 16.4. The lowest BCUT2D eigenvalue weighted by Crippen LogP contribution is -2.38. The van der Waals surface area contributed by atoms with E-state index in [2.05, 4.69) is 0 Å². The van der Waals surface area contributed by atoms with Gasteiger partial charge in [0, 0.05) is 12.5 Å². The summed E-state index contributed by atoms with van der Waals surface area (Å²) in [6.07, 6.45) is 6.71. The van der Waals surface area contributed by atoms with Crippen LogP contribution in [0.25, 0.3) is 0 Å². The molecule has 1 amide bonds. The Morgan fingerprint density at radius 2 is 1.88 bits per heavy atom. The first-order valence-electron chi connectivity index (χ1n) is 8.78. The summed E-state index contributed by atoms with van der Waals surface area (Å²) in [4.78, 5) is 26.1. The minimum atomic E-state index is -0.953. The summed E-state index contributed by atoms with van der Waals surface area (Å²) in [7, 11) is 0. The third-order valence-electron chi connectivity index (χ3n) is 4.85. The highest BCUT2D eigenvalue weighted by molar-refractivity contribution is 5.89. The van der Waals surface area contributed by atoms with Crippen molar-refractivity contribution in [2.24, 2.45) is 0 Å². The van der Waals surface area contributed by atoms with Crippen molar-refractivity contribution in [3.8, 4) is 0 Å². The second-order valence-corrected chi connectivity index (χ2v) is 6.50. The fourth-order valence-electron chi connectivity index (χ4n) is 3.54. The van der Waals surface area contributed by atoms with Crippen LogP contribution in [-0.4, -0.2) is 27.9 Å². The number of rotatable bonds is 7. The van der Waals surface area contributed by atoms with Crippen LogP contribution in [0.3, 0.4) is 0 Å². The molecule has 1 fully saturated rings. The van der Waals surface area contributed by atoms with Gasteiger partial charge in [-0.15, -0.1) is 0 Å². The minimum Gasteiger partial charge on any atom is -0.478 e. The molecule has 0 saturated heterocycles. The first kappa shape index (κ1) is 17.3. The second kappa shape index (κ2) is 8.01. The standard InChI is InChI=1S/C20H23NO4/c22-19(12-11-15-6-1-4-10-18(15)20(23)24)21(16-7-2-3-8-16)14-17-9-5-13-25-17/h1,4-6,9-10,13,16H,2-3,7-8,11-12,14H2,(H,23,24). The zero-order valence-corrected chi connectivity index (χ0v) is 14.2. The molecule has 1 heterocycles. The molecule has 1 aromatic carbocycles. The molecule has 0 bridgehead atoms. The maximum atomic E-state index is 12.8. The Morgan fingerprint density at radius 1 is 1.12 bits per heavy atom. The molecule has 0 aliphatic heterocycles. The van der Waals surface area contributed by atoms with Crippen LogP contribution in [0.4, 0.5) is 0 Å². The van der Waals surface area contributed by atoms with Crippen LogP contribution in [0.5, 0.6) is 0 Å². The van der Waals surface area contributed by atoms with Crippen LogP contribution in [0.15, 0.2) is 47.1 Å². The zero-order valence-electron chi connectivity index (χ0n) is 14.2. The molecule has 5 heteroatoms. The normalized spacial score (nSPS) is 14.6. The predicted octanol–water partition coefficient (Wildman–Crippen LogP) is 3.88. The second-order valence-electron chi connectivity index (χ2n) is 6.50. The Morgan fingerprint density at radius 3 is 2.56 bits per heavy atom. The van der Waals surface area contributed by atoms with E-state index in [0.29, 0.717) is 24.9 Å². The number of carbonyl (C=O) groups is 2. The van der Waals surface area contributed by atoms with Crippen LogP contribution >= 0.6 is 0 Å². The summed E-state index contributed by atoms with van der Waals surface area (Å²) in [5, 5.41) is 9.28. The van der Waals surface area contributed by atoms with Crippen LogP contribution in [-0.2, 0) is 17.8 Å². The number of carbonyl (C=O) groups excluding carboxylic acids is 1. The average Bonchev–Trinajstić information content (AvgIpc) is 3.31. The van der Waals surface area contributed by atoms with Crippen LogP contribution < -0.4 is 0 Å². The number of amides is 1. The molecule has 2 aromatic rings. The maximum Gasteiger partial charge on any atom is 0.335 e. The fourth-order valence-corrected chi connectivity index (χ4v) is 3.54. The van der Waals surface area contributed by atoms with Crippen molar-refractivity contribution in [1.82, 2.24) is 4.90 Å². The lowest BCUT2D eigenvalue weighted by atomic mass is 10.0. The number of benzene rings is 1. The van der Waals surface area contributed by atoms with Crippen LogP contribution in [0, 0.1) is 0 Å². The topological polar surface area (TPSA) is 70.8 Å². The van der Waals surface area contributed by atoms with E-state index in [9.17, 15) is 14.7 Å². The molecular formula is C20H23NO4. The Kier molecular flexibility index (Phi) is 5.53. The number of aromatic carboxylic acids is 1. The Hall–Kier alpha value is -2.56. The first-order chi connectivity index (χ1) is 12.1. The summed E-state index contributed by atoms with van der Waals surface area (Å²) >= 11 is 0. The molecule has 132 valence electrons. The Bertz CT molecular complexity index is 717. The van der Waals surface area contributed by atoms with E-state index in [-0.39, 0.29) is 17.5 Å². The number of nitrogens with zero attached hydrogens (tertiary/aromatic N) is 1. The monoisotopic (exact) mass is 341 g/mol. The molecule has 25 heavy (non-hydrogen) atoms. The number of carboxylic acid groups (broad SMARTS) is 1. The summed E-state index contributed by atoms with van der Waals surface area (Å²) in [5.41, 5.74) is 0.974. The van der Waals surface area contributed by atoms with Gasteiger partial charge >= 0.3 is 5.97 Å². The van der Waals surface area contributed by atoms with Gasteiger partial charge in [-0.2, -0.15) is 0 Å². The molecular weight excluding hydrogens is 318 g/mol. The molecule has 1 aromatic heterocycles. The van der Waals surface area contributed by atoms with E-state index < -0.39 is 5.97 Å². The molecule has 1 N–H and O–H groups in total. The molecule has 0 spiro atoms. The summed E-state index contributed by atoms with van der Waals surface area (Å²) in [6, 6.07) is 10.8. The summed E-state index contributed by atoms with van der Waals surface area (Å²) < 4.78 is 5.42. The largest absolute Gasteiger partial charge is 0.478 e. The van der Waals surface area contributed by atoms with E-state index in [4.69, 9.17) is 4.42 Å². The fraction of sp³-hybridized carbons (Fsp3) is 0.400. The van der Waals surface area contributed by atoms with Gasteiger partial charge in [0.25, 0.3) is 0 Å². The van der Waals surface area contributed by atoms with Gasteiger partial charge in [-0.05, 0) is 43.0 Å². The molecule has 0 atom stereocenters. The van der Waals surface area contributed by atoms with Crippen molar-refractivity contribution in [1.29, 1.82) is 0 Å². The van der Waals surface area contributed by atoms with Gasteiger partial charge in [-0.25, -0.2) is 4.79 Å². The number of hydrogen-bond donors (Lipinski definition) is 1. The van der Waals surface area contributed by atoms with Crippen LogP contribution in [0.2, 0.25) is 0 Å². The highest BCUT2D eigenvalue weighted by Crippen LogP contribution is 2.26. The highest BCUT2D eigenvalue weighted by Gasteiger charge is 2.27. The van der Waals surface area contributed by atoms with Crippen molar-refractivity contribution in [3.05, 3.63) is 59.5 Å². The van der Waals surface area contributed by atoms with E-state index in [0.717, 1.165) is 31.4 Å². The van der Waals surface area contributed by atoms with E-state index in [1.165, 1.54) is 0 Å². The van der Waals surface area contributed by atoms with Gasteiger partial charge in [0.1, 0.15) is 5.76 Å². The lowest BCUT2D eigenvalue weighted by molar-refractivity contribution is -0.134.